The molecular formula is C15H17N3O4S2. The lowest BCUT2D eigenvalue weighted by atomic mass is 9.92. The number of aromatic nitrogens is 2. The number of thiophene rings is 1. The standard InChI is InChI=1S/C15H17N3O4S2/c19-11(17-15(14(20)21)5-8-23-9-6-15)3-4-12-16-13(18-22-12)10-2-1-7-24-10/h1-2,7H,3-6,8-9H2,(H,17,19)(H,20,21). The molecule has 0 bridgehead atoms. The van der Waals surface area contributed by atoms with Gasteiger partial charge in [-0.1, -0.05) is 11.2 Å². The van der Waals surface area contributed by atoms with Gasteiger partial charge in [0.25, 0.3) is 0 Å². The molecule has 0 aliphatic carbocycles. The Kier molecular flexibility index (Phi) is 5.20. The smallest absolute Gasteiger partial charge is 0.329 e. The highest BCUT2D eigenvalue weighted by Crippen LogP contribution is 2.27. The zero-order valence-corrected chi connectivity index (χ0v) is 14.5. The Morgan fingerprint density at radius 1 is 1.38 bits per heavy atom. The Labute approximate surface area is 146 Å². The van der Waals surface area contributed by atoms with E-state index >= 15 is 0 Å². The van der Waals surface area contributed by atoms with E-state index in [4.69, 9.17) is 4.52 Å². The molecule has 9 heteroatoms. The minimum atomic E-state index is -1.14. The van der Waals surface area contributed by atoms with Crippen molar-refractivity contribution in [3.8, 4) is 10.7 Å². The molecule has 7 nitrogen and oxygen atoms in total. The highest BCUT2D eigenvalue weighted by atomic mass is 32.2. The van der Waals surface area contributed by atoms with Gasteiger partial charge in [-0.2, -0.15) is 16.7 Å². The first-order valence-corrected chi connectivity index (χ1v) is 9.61. The summed E-state index contributed by atoms with van der Waals surface area (Å²) in [6, 6.07) is 3.79. The van der Waals surface area contributed by atoms with E-state index in [9.17, 15) is 14.7 Å². The summed E-state index contributed by atoms with van der Waals surface area (Å²) >= 11 is 3.21. The molecule has 1 fully saturated rings. The van der Waals surface area contributed by atoms with E-state index in [0.29, 0.717) is 24.6 Å². The maximum absolute atomic E-state index is 12.2. The van der Waals surface area contributed by atoms with Crippen LogP contribution in [0, 0.1) is 0 Å². The molecule has 1 saturated heterocycles. The fourth-order valence-corrected chi connectivity index (χ4v) is 4.36. The number of hydrogen-bond donors (Lipinski definition) is 2. The summed E-state index contributed by atoms with van der Waals surface area (Å²) in [5.74, 6) is 1.08. The fraction of sp³-hybridized carbons (Fsp3) is 0.467. The molecule has 0 aromatic carbocycles. The van der Waals surface area contributed by atoms with Crippen molar-refractivity contribution in [2.75, 3.05) is 11.5 Å². The SMILES string of the molecule is O=C(CCc1nc(-c2cccs2)no1)NC1(C(=O)O)CCSCC1. The topological polar surface area (TPSA) is 105 Å². The van der Waals surface area contributed by atoms with E-state index in [1.54, 1.807) is 11.8 Å². The lowest BCUT2D eigenvalue weighted by Gasteiger charge is -2.33. The predicted molar refractivity (Wildman–Crippen MR) is 91.0 cm³/mol. The number of thioether (sulfide) groups is 1. The summed E-state index contributed by atoms with van der Waals surface area (Å²) in [7, 11) is 0. The Morgan fingerprint density at radius 2 is 2.17 bits per heavy atom. The van der Waals surface area contributed by atoms with Crippen LogP contribution in [-0.4, -0.2) is 44.2 Å². The number of carboxylic acids is 1. The molecule has 0 spiro atoms. The molecular weight excluding hydrogens is 350 g/mol. The number of amides is 1. The van der Waals surface area contributed by atoms with Crippen LogP contribution in [0.4, 0.5) is 0 Å². The Morgan fingerprint density at radius 3 is 2.83 bits per heavy atom. The largest absolute Gasteiger partial charge is 0.480 e. The van der Waals surface area contributed by atoms with Crippen molar-refractivity contribution >= 4 is 35.0 Å². The summed E-state index contributed by atoms with van der Waals surface area (Å²) in [6.07, 6.45) is 1.30. The van der Waals surface area contributed by atoms with Gasteiger partial charge >= 0.3 is 5.97 Å². The number of aryl methyl sites for hydroxylation is 1. The van der Waals surface area contributed by atoms with Crippen LogP contribution in [0.2, 0.25) is 0 Å². The average molecular weight is 367 g/mol. The molecule has 128 valence electrons. The fourth-order valence-electron chi connectivity index (χ4n) is 2.52. The van der Waals surface area contributed by atoms with Gasteiger partial charge < -0.3 is 14.9 Å². The molecule has 0 saturated carbocycles. The van der Waals surface area contributed by atoms with Gasteiger partial charge in [-0.15, -0.1) is 11.3 Å². The summed E-state index contributed by atoms with van der Waals surface area (Å²) in [6.45, 7) is 0. The number of carboxylic acid groups (broad SMARTS) is 1. The minimum absolute atomic E-state index is 0.119. The van der Waals surface area contributed by atoms with Crippen molar-refractivity contribution in [2.45, 2.75) is 31.2 Å². The molecule has 0 radical (unpaired) electrons. The molecule has 1 amide bonds. The Balaban J connectivity index is 1.56. The number of nitrogens with one attached hydrogen (secondary N) is 1. The summed E-state index contributed by atoms with van der Waals surface area (Å²) in [4.78, 5) is 28.9. The number of rotatable bonds is 6. The number of carbonyl (C=O) groups excluding carboxylic acids is 1. The first-order chi connectivity index (χ1) is 11.6. The van der Waals surface area contributed by atoms with Gasteiger partial charge in [0.15, 0.2) is 0 Å². The first kappa shape index (κ1) is 17.0. The third-order valence-corrected chi connectivity index (χ3v) is 5.76. The van der Waals surface area contributed by atoms with E-state index in [2.05, 4.69) is 15.5 Å². The second kappa shape index (κ2) is 7.35. The molecule has 0 unspecified atom stereocenters. The van der Waals surface area contributed by atoms with Gasteiger partial charge in [-0.3, -0.25) is 4.79 Å². The molecule has 2 N–H and O–H groups in total. The maximum atomic E-state index is 12.2. The van der Waals surface area contributed by atoms with Crippen LogP contribution < -0.4 is 5.32 Å². The maximum Gasteiger partial charge on any atom is 0.329 e. The molecule has 1 aliphatic heterocycles. The second-order valence-corrected chi connectivity index (χ2v) is 7.71. The van der Waals surface area contributed by atoms with Gasteiger partial charge in [0.1, 0.15) is 5.54 Å². The lowest BCUT2D eigenvalue weighted by molar-refractivity contribution is -0.148. The van der Waals surface area contributed by atoms with Crippen molar-refractivity contribution in [2.24, 2.45) is 0 Å². The molecule has 0 atom stereocenters. The summed E-state index contributed by atoms with van der Waals surface area (Å²) in [5.41, 5.74) is -1.14. The molecule has 2 aromatic rings. The van der Waals surface area contributed by atoms with Crippen molar-refractivity contribution in [1.29, 1.82) is 0 Å². The minimum Gasteiger partial charge on any atom is -0.480 e. The highest BCUT2D eigenvalue weighted by molar-refractivity contribution is 7.99. The van der Waals surface area contributed by atoms with Crippen LogP contribution in [0.15, 0.2) is 22.0 Å². The predicted octanol–water partition coefficient (Wildman–Crippen LogP) is 2.20. The third-order valence-electron chi connectivity index (χ3n) is 3.91. The highest BCUT2D eigenvalue weighted by Gasteiger charge is 2.41. The average Bonchev–Trinajstić information content (AvgIpc) is 3.25. The van der Waals surface area contributed by atoms with Crippen LogP contribution in [0.25, 0.3) is 10.7 Å². The van der Waals surface area contributed by atoms with E-state index in [1.807, 2.05) is 17.5 Å². The molecule has 2 aromatic heterocycles. The molecule has 1 aliphatic rings. The second-order valence-electron chi connectivity index (χ2n) is 5.54. The van der Waals surface area contributed by atoms with Crippen LogP contribution in [0.3, 0.4) is 0 Å². The number of carbonyl (C=O) groups is 2. The number of nitrogens with zero attached hydrogens (tertiary/aromatic N) is 2. The van der Waals surface area contributed by atoms with Crippen molar-refractivity contribution in [3.63, 3.8) is 0 Å². The van der Waals surface area contributed by atoms with Crippen molar-refractivity contribution < 1.29 is 19.2 Å². The number of hydrogen-bond acceptors (Lipinski definition) is 7. The van der Waals surface area contributed by atoms with Gasteiger partial charge in [-0.05, 0) is 35.8 Å². The van der Waals surface area contributed by atoms with E-state index in [1.165, 1.54) is 11.3 Å². The zero-order valence-electron chi connectivity index (χ0n) is 12.9. The summed E-state index contributed by atoms with van der Waals surface area (Å²) in [5, 5.41) is 18.0. The molecule has 3 heterocycles. The van der Waals surface area contributed by atoms with Crippen molar-refractivity contribution in [3.05, 3.63) is 23.4 Å². The van der Waals surface area contributed by atoms with Crippen molar-refractivity contribution in [1.82, 2.24) is 15.5 Å². The third kappa shape index (κ3) is 3.78. The van der Waals surface area contributed by atoms with E-state index in [0.717, 1.165) is 16.4 Å². The van der Waals surface area contributed by atoms with Crippen LogP contribution in [0.1, 0.15) is 25.2 Å². The van der Waals surface area contributed by atoms with Gasteiger partial charge in [0.2, 0.25) is 17.6 Å². The lowest BCUT2D eigenvalue weighted by Crippen LogP contribution is -2.56. The van der Waals surface area contributed by atoms with Crippen LogP contribution >= 0.6 is 23.1 Å². The monoisotopic (exact) mass is 367 g/mol. The number of aliphatic carboxylic acids is 1. The van der Waals surface area contributed by atoms with Crippen LogP contribution in [0.5, 0.6) is 0 Å². The Bertz CT molecular complexity index is 708. The van der Waals surface area contributed by atoms with E-state index < -0.39 is 11.5 Å². The molecule has 3 rings (SSSR count). The van der Waals surface area contributed by atoms with Gasteiger partial charge in [0, 0.05) is 12.8 Å². The normalized spacial score (nSPS) is 16.7. The Hall–Kier alpha value is -1.87. The zero-order chi connectivity index (χ0) is 17.0. The van der Waals surface area contributed by atoms with Gasteiger partial charge in [0.05, 0.1) is 4.88 Å². The van der Waals surface area contributed by atoms with E-state index in [-0.39, 0.29) is 18.7 Å². The quantitative estimate of drug-likeness (QED) is 0.806. The molecule has 24 heavy (non-hydrogen) atoms. The summed E-state index contributed by atoms with van der Waals surface area (Å²) < 4.78 is 5.15. The first-order valence-electron chi connectivity index (χ1n) is 7.58. The van der Waals surface area contributed by atoms with Gasteiger partial charge in [-0.25, -0.2) is 4.79 Å². The van der Waals surface area contributed by atoms with Crippen LogP contribution in [-0.2, 0) is 16.0 Å².